The first-order valence-corrected chi connectivity index (χ1v) is 12.5. The summed E-state index contributed by atoms with van der Waals surface area (Å²) in [5.41, 5.74) is 9.21. The first-order chi connectivity index (χ1) is 16.3. The summed E-state index contributed by atoms with van der Waals surface area (Å²) in [6, 6.07) is 13.2. The zero-order valence-corrected chi connectivity index (χ0v) is 21.4. The summed E-state index contributed by atoms with van der Waals surface area (Å²) in [5.74, 6) is 1.72. The molecule has 3 rings (SSSR count). The normalized spacial score (nSPS) is 11.1. The lowest BCUT2D eigenvalue weighted by Gasteiger charge is -2.28. The van der Waals surface area contributed by atoms with Crippen LogP contribution in [0, 0.1) is 11.3 Å². The van der Waals surface area contributed by atoms with Crippen LogP contribution in [-0.2, 0) is 12.0 Å². The summed E-state index contributed by atoms with van der Waals surface area (Å²) in [6.45, 7) is 4.59. The van der Waals surface area contributed by atoms with Crippen molar-refractivity contribution >= 4 is 46.8 Å². The molecule has 0 fully saturated rings. The van der Waals surface area contributed by atoms with E-state index in [1.165, 1.54) is 11.9 Å². The lowest BCUT2D eigenvalue weighted by molar-refractivity contribution is 0.303. The van der Waals surface area contributed by atoms with Gasteiger partial charge in [0.25, 0.3) is 0 Å². The van der Waals surface area contributed by atoms with Crippen LogP contribution in [0.3, 0.4) is 0 Å². The van der Waals surface area contributed by atoms with E-state index < -0.39 is 5.41 Å². The molecule has 0 atom stereocenters. The van der Waals surface area contributed by atoms with Crippen molar-refractivity contribution in [3.63, 3.8) is 0 Å². The highest BCUT2D eigenvalue weighted by Crippen LogP contribution is 2.39. The van der Waals surface area contributed by atoms with Crippen molar-refractivity contribution in [3.05, 3.63) is 70.0 Å². The largest absolute Gasteiger partial charge is 0.489 e. The van der Waals surface area contributed by atoms with Crippen LogP contribution in [0.5, 0.6) is 11.5 Å². The fraction of sp³-hybridized carbons (Fsp3) is 0.292. The minimum atomic E-state index is -0.488. The number of nitrogen functional groups attached to an aromatic ring is 1. The second-order valence-corrected chi connectivity index (χ2v) is 9.23. The minimum absolute atomic E-state index is 0.253. The van der Waals surface area contributed by atoms with E-state index in [0.29, 0.717) is 39.6 Å². The van der Waals surface area contributed by atoms with E-state index in [4.69, 9.17) is 38.4 Å². The van der Waals surface area contributed by atoms with Gasteiger partial charge in [-0.05, 0) is 41.5 Å². The van der Waals surface area contributed by atoms with Gasteiger partial charge in [0.05, 0.1) is 27.8 Å². The van der Waals surface area contributed by atoms with Crippen molar-refractivity contribution in [3.8, 4) is 17.6 Å². The van der Waals surface area contributed by atoms with Crippen LogP contribution >= 0.6 is 35.1 Å². The lowest BCUT2D eigenvalue weighted by atomic mass is 9.77. The van der Waals surface area contributed by atoms with E-state index in [1.807, 2.05) is 44.4 Å². The second-order valence-electron chi connectivity index (χ2n) is 7.83. The molecular formula is C24H25Cl2N5O2S. The highest BCUT2D eigenvalue weighted by Gasteiger charge is 2.26. The summed E-state index contributed by atoms with van der Waals surface area (Å²) >= 11 is 13.6. The maximum atomic E-state index is 9.61. The van der Waals surface area contributed by atoms with Gasteiger partial charge < -0.3 is 15.2 Å². The number of halogens is 2. The lowest BCUT2D eigenvalue weighted by Crippen LogP contribution is -2.20. The number of hydrogen-bond acceptors (Lipinski definition) is 8. The van der Waals surface area contributed by atoms with Crippen molar-refractivity contribution in [1.29, 1.82) is 5.26 Å². The standard InChI is InChI=1S/C24H25Cl2N5O2S/c1-24(2,17-10-15(13-27)22(19(26)11-17)32-9-7-25)16-4-5-21(20(28)12-16)33-14-18-6-8-29-23(30-18)31-34-3/h4-6,8,10-12H,7,9,14,28H2,1-3H3,(H,29,30,31). The predicted molar refractivity (Wildman–Crippen MR) is 139 cm³/mol. The number of aromatic nitrogens is 2. The Kier molecular flexibility index (Phi) is 8.72. The summed E-state index contributed by atoms with van der Waals surface area (Å²) < 4.78 is 14.5. The van der Waals surface area contributed by atoms with Gasteiger partial charge in [0.1, 0.15) is 25.0 Å². The van der Waals surface area contributed by atoms with Crippen LogP contribution in [0.4, 0.5) is 11.6 Å². The van der Waals surface area contributed by atoms with E-state index in [0.717, 1.165) is 16.8 Å². The molecule has 1 heterocycles. The van der Waals surface area contributed by atoms with Crippen LogP contribution in [-0.4, -0.2) is 28.7 Å². The first kappa shape index (κ1) is 25.8. The summed E-state index contributed by atoms with van der Waals surface area (Å²) in [6.07, 6.45) is 3.57. The van der Waals surface area contributed by atoms with Crippen LogP contribution in [0.15, 0.2) is 42.6 Å². The Balaban J connectivity index is 1.82. The molecule has 0 saturated heterocycles. The zero-order valence-electron chi connectivity index (χ0n) is 19.1. The van der Waals surface area contributed by atoms with Gasteiger partial charge in [-0.15, -0.1) is 11.6 Å². The van der Waals surface area contributed by atoms with Crippen molar-refractivity contribution in [2.24, 2.45) is 0 Å². The molecule has 0 radical (unpaired) electrons. The highest BCUT2D eigenvalue weighted by molar-refractivity contribution is 7.99. The molecule has 2 aromatic carbocycles. The molecule has 3 N–H and O–H groups in total. The minimum Gasteiger partial charge on any atom is -0.489 e. The molecule has 178 valence electrons. The van der Waals surface area contributed by atoms with Gasteiger partial charge in [0.2, 0.25) is 5.95 Å². The fourth-order valence-corrected chi connectivity index (χ4v) is 3.96. The van der Waals surface area contributed by atoms with E-state index in [1.54, 1.807) is 18.3 Å². The molecule has 34 heavy (non-hydrogen) atoms. The molecule has 0 bridgehead atoms. The number of nitrogens with two attached hydrogens (primary N) is 1. The van der Waals surface area contributed by atoms with E-state index in [9.17, 15) is 5.26 Å². The molecule has 0 aliphatic rings. The number of nitrogens with one attached hydrogen (secondary N) is 1. The SMILES string of the molecule is CSNc1nccc(COc2ccc(C(C)(C)c3cc(Cl)c(OCCCl)c(C#N)c3)cc2N)n1. The Morgan fingerprint density at radius 1 is 1.18 bits per heavy atom. The fourth-order valence-electron chi connectivity index (χ4n) is 3.33. The number of nitrogens with zero attached hydrogens (tertiary/aromatic N) is 3. The van der Waals surface area contributed by atoms with Crippen molar-refractivity contribution in [1.82, 2.24) is 9.97 Å². The first-order valence-electron chi connectivity index (χ1n) is 10.4. The number of hydrogen-bond donors (Lipinski definition) is 2. The van der Waals surface area contributed by atoms with Gasteiger partial charge in [0, 0.05) is 17.9 Å². The van der Waals surface area contributed by atoms with Gasteiger partial charge in [-0.3, -0.25) is 4.72 Å². The molecular weight excluding hydrogens is 493 g/mol. The number of benzene rings is 2. The topological polar surface area (TPSA) is 106 Å². The molecule has 1 aromatic heterocycles. The number of rotatable bonds is 10. The Labute approximate surface area is 213 Å². The maximum Gasteiger partial charge on any atom is 0.233 e. The average molecular weight is 518 g/mol. The quantitative estimate of drug-likeness (QED) is 0.197. The van der Waals surface area contributed by atoms with Gasteiger partial charge in [-0.1, -0.05) is 43.5 Å². The Hall–Kier alpha value is -2.86. The van der Waals surface area contributed by atoms with Crippen LogP contribution < -0.4 is 19.9 Å². The number of alkyl halides is 1. The van der Waals surface area contributed by atoms with Gasteiger partial charge >= 0.3 is 0 Å². The molecule has 3 aromatic rings. The van der Waals surface area contributed by atoms with E-state index in [2.05, 4.69) is 20.8 Å². The summed E-state index contributed by atoms with van der Waals surface area (Å²) in [7, 11) is 0. The van der Waals surface area contributed by atoms with E-state index >= 15 is 0 Å². The number of ether oxygens (including phenoxy) is 2. The van der Waals surface area contributed by atoms with Gasteiger partial charge in [-0.25, -0.2) is 9.97 Å². The molecule has 0 saturated carbocycles. The molecule has 0 aliphatic carbocycles. The maximum absolute atomic E-state index is 9.61. The Bertz CT molecular complexity index is 1200. The predicted octanol–water partition coefficient (Wildman–Crippen LogP) is 5.80. The Morgan fingerprint density at radius 2 is 1.97 bits per heavy atom. The highest BCUT2D eigenvalue weighted by atomic mass is 35.5. The van der Waals surface area contributed by atoms with Crippen molar-refractivity contribution in [2.45, 2.75) is 25.9 Å². The third-order valence-electron chi connectivity index (χ3n) is 5.22. The number of anilines is 2. The molecule has 0 unspecified atom stereocenters. The summed E-state index contributed by atoms with van der Waals surface area (Å²) in [5, 5.41) is 9.97. The molecule has 7 nitrogen and oxygen atoms in total. The van der Waals surface area contributed by atoms with Gasteiger partial charge in [-0.2, -0.15) is 5.26 Å². The molecule has 10 heteroatoms. The molecule has 0 amide bonds. The average Bonchev–Trinajstić information content (AvgIpc) is 2.82. The zero-order chi connectivity index (χ0) is 24.7. The van der Waals surface area contributed by atoms with Crippen molar-refractivity contribution in [2.75, 3.05) is 29.2 Å². The van der Waals surface area contributed by atoms with Crippen LogP contribution in [0.25, 0.3) is 0 Å². The van der Waals surface area contributed by atoms with Crippen LogP contribution in [0.1, 0.15) is 36.2 Å². The second kappa shape index (κ2) is 11.5. The molecule has 0 spiro atoms. The number of nitriles is 1. The van der Waals surface area contributed by atoms with Gasteiger partial charge in [0.15, 0.2) is 5.75 Å². The van der Waals surface area contributed by atoms with Crippen molar-refractivity contribution < 1.29 is 9.47 Å². The molecule has 0 aliphatic heterocycles. The third-order valence-corrected chi connectivity index (χ3v) is 6.04. The smallest absolute Gasteiger partial charge is 0.233 e. The van der Waals surface area contributed by atoms with Crippen LogP contribution in [0.2, 0.25) is 5.02 Å². The van der Waals surface area contributed by atoms with E-state index in [-0.39, 0.29) is 13.2 Å². The summed E-state index contributed by atoms with van der Waals surface area (Å²) in [4.78, 5) is 8.53. The third kappa shape index (κ3) is 5.98. The Morgan fingerprint density at radius 3 is 2.65 bits per heavy atom. The monoisotopic (exact) mass is 517 g/mol.